The lowest BCUT2D eigenvalue weighted by Crippen LogP contribution is -2.25. The average Bonchev–Trinajstić information content (AvgIpc) is 2.78. The summed E-state index contributed by atoms with van der Waals surface area (Å²) in [4.78, 5) is 4.02. The van der Waals surface area contributed by atoms with Crippen molar-refractivity contribution >= 4 is 0 Å². The highest BCUT2D eigenvalue weighted by molar-refractivity contribution is 5.26. The molecular formula is C12H16N4O. The molecule has 5 nitrogen and oxygen atoms in total. The van der Waals surface area contributed by atoms with Crippen LogP contribution in [0.1, 0.15) is 26.0 Å². The SMILES string of the molecule is CCC(C)(O)Cc1cn(-c2cccnc2)nn1. The molecule has 0 aliphatic heterocycles. The van der Waals surface area contributed by atoms with Gasteiger partial charge in [-0.2, -0.15) is 0 Å². The maximum atomic E-state index is 9.97. The Balaban J connectivity index is 2.17. The van der Waals surface area contributed by atoms with Gasteiger partial charge < -0.3 is 5.11 Å². The first-order chi connectivity index (χ1) is 8.11. The van der Waals surface area contributed by atoms with Gasteiger partial charge in [-0.05, 0) is 25.5 Å². The Morgan fingerprint density at radius 3 is 2.94 bits per heavy atom. The zero-order valence-electron chi connectivity index (χ0n) is 10.0. The predicted octanol–water partition coefficient (Wildman–Crippen LogP) is 1.37. The van der Waals surface area contributed by atoms with Crippen molar-refractivity contribution in [3.05, 3.63) is 36.4 Å². The highest BCUT2D eigenvalue weighted by Crippen LogP contribution is 2.15. The highest BCUT2D eigenvalue weighted by Gasteiger charge is 2.20. The molecule has 0 aromatic carbocycles. The Kier molecular flexibility index (Phi) is 3.19. The van der Waals surface area contributed by atoms with E-state index in [0.29, 0.717) is 12.8 Å². The second-order valence-corrected chi connectivity index (χ2v) is 4.39. The molecule has 0 aliphatic carbocycles. The van der Waals surface area contributed by atoms with Gasteiger partial charge in [-0.1, -0.05) is 12.1 Å². The lowest BCUT2D eigenvalue weighted by Gasteiger charge is -2.18. The van der Waals surface area contributed by atoms with E-state index >= 15 is 0 Å². The molecule has 2 rings (SSSR count). The van der Waals surface area contributed by atoms with E-state index < -0.39 is 5.60 Å². The van der Waals surface area contributed by atoms with Gasteiger partial charge in [0.15, 0.2) is 0 Å². The smallest absolute Gasteiger partial charge is 0.0860 e. The molecule has 1 N–H and O–H groups in total. The monoisotopic (exact) mass is 232 g/mol. The van der Waals surface area contributed by atoms with Gasteiger partial charge in [-0.15, -0.1) is 5.10 Å². The van der Waals surface area contributed by atoms with Crippen molar-refractivity contribution in [2.45, 2.75) is 32.3 Å². The summed E-state index contributed by atoms with van der Waals surface area (Å²) in [6.07, 6.45) is 6.44. The molecule has 17 heavy (non-hydrogen) atoms. The third-order valence-electron chi connectivity index (χ3n) is 2.77. The van der Waals surface area contributed by atoms with E-state index in [9.17, 15) is 5.11 Å². The minimum Gasteiger partial charge on any atom is -0.390 e. The van der Waals surface area contributed by atoms with Crippen molar-refractivity contribution in [3.63, 3.8) is 0 Å². The minimum absolute atomic E-state index is 0.504. The van der Waals surface area contributed by atoms with E-state index in [1.165, 1.54) is 0 Å². The Bertz CT molecular complexity index is 478. The largest absolute Gasteiger partial charge is 0.390 e. The highest BCUT2D eigenvalue weighted by atomic mass is 16.3. The lowest BCUT2D eigenvalue weighted by molar-refractivity contribution is 0.0554. The van der Waals surface area contributed by atoms with Gasteiger partial charge in [0.1, 0.15) is 0 Å². The molecule has 0 fully saturated rings. The topological polar surface area (TPSA) is 63.8 Å². The molecular weight excluding hydrogens is 216 g/mol. The Morgan fingerprint density at radius 1 is 1.47 bits per heavy atom. The summed E-state index contributed by atoms with van der Waals surface area (Å²) >= 11 is 0. The normalized spacial score (nSPS) is 14.5. The summed E-state index contributed by atoms with van der Waals surface area (Å²) in [5.41, 5.74) is 0.915. The molecule has 90 valence electrons. The van der Waals surface area contributed by atoms with Crippen molar-refractivity contribution in [2.24, 2.45) is 0 Å². The number of rotatable bonds is 4. The van der Waals surface area contributed by atoms with Crippen molar-refractivity contribution in [2.75, 3.05) is 0 Å². The summed E-state index contributed by atoms with van der Waals surface area (Å²) in [6.45, 7) is 3.75. The van der Waals surface area contributed by atoms with Gasteiger partial charge in [-0.25, -0.2) is 4.68 Å². The third-order valence-corrected chi connectivity index (χ3v) is 2.77. The van der Waals surface area contributed by atoms with Crippen LogP contribution in [-0.2, 0) is 6.42 Å². The fourth-order valence-electron chi connectivity index (χ4n) is 1.51. The second kappa shape index (κ2) is 4.63. The zero-order chi connectivity index (χ0) is 12.3. The molecule has 2 aromatic heterocycles. The lowest BCUT2D eigenvalue weighted by atomic mass is 9.98. The number of hydrogen-bond acceptors (Lipinski definition) is 4. The molecule has 0 spiro atoms. The summed E-state index contributed by atoms with van der Waals surface area (Å²) in [7, 11) is 0. The molecule has 0 radical (unpaired) electrons. The van der Waals surface area contributed by atoms with Crippen LogP contribution in [0.2, 0.25) is 0 Å². The number of pyridine rings is 1. The molecule has 1 atom stereocenters. The molecule has 0 bridgehead atoms. The molecule has 0 saturated heterocycles. The van der Waals surface area contributed by atoms with E-state index in [-0.39, 0.29) is 0 Å². The van der Waals surface area contributed by atoms with Crippen LogP contribution < -0.4 is 0 Å². The van der Waals surface area contributed by atoms with Gasteiger partial charge in [-0.3, -0.25) is 4.98 Å². The van der Waals surface area contributed by atoms with Gasteiger partial charge in [0.25, 0.3) is 0 Å². The predicted molar refractivity (Wildman–Crippen MR) is 63.8 cm³/mol. The first-order valence-electron chi connectivity index (χ1n) is 5.65. The Morgan fingerprint density at radius 2 is 2.29 bits per heavy atom. The summed E-state index contributed by atoms with van der Waals surface area (Å²) < 4.78 is 1.66. The summed E-state index contributed by atoms with van der Waals surface area (Å²) in [5.74, 6) is 0. The molecule has 5 heteroatoms. The van der Waals surface area contributed by atoms with E-state index in [1.54, 1.807) is 24.0 Å². The minimum atomic E-state index is -0.726. The van der Waals surface area contributed by atoms with Gasteiger partial charge >= 0.3 is 0 Å². The zero-order valence-corrected chi connectivity index (χ0v) is 10.0. The average molecular weight is 232 g/mol. The van der Waals surface area contributed by atoms with Crippen molar-refractivity contribution < 1.29 is 5.11 Å². The molecule has 1 unspecified atom stereocenters. The van der Waals surface area contributed by atoms with Gasteiger partial charge in [0.2, 0.25) is 0 Å². The molecule has 0 amide bonds. The van der Waals surface area contributed by atoms with Crippen LogP contribution in [0.5, 0.6) is 0 Å². The second-order valence-electron chi connectivity index (χ2n) is 4.39. The number of hydrogen-bond donors (Lipinski definition) is 1. The molecule has 0 saturated carbocycles. The quantitative estimate of drug-likeness (QED) is 0.864. The van der Waals surface area contributed by atoms with Gasteiger partial charge in [0.05, 0.1) is 29.4 Å². The molecule has 0 aliphatic rings. The van der Waals surface area contributed by atoms with E-state index in [2.05, 4.69) is 15.3 Å². The van der Waals surface area contributed by atoms with E-state index in [1.807, 2.05) is 25.3 Å². The van der Waals surface area contributed by atoms with Crippen LogP contribution in [0.3, 0.4) is 0 Å². The Hall–Kier alpha value is -1.75. The van der Waals surface area contributed by atoms with Crippen LogP contribution >= 0.6 is 0 Å². The maximum absolute atomic E-state index is 9.97. The first-order valence-corrected chi connectivity index (χ1v) is 5.65. The van der Waals surface area contributed by atoms with Crippen molar-refractivity contribution in [3.8, 4) is 5.69 Å². The van der Waals surface area contributed by atoms with Crippen molar-refractivity contribution in [1.82, 2.24) is 20.0 Å². The fourth-order valence-corrected chi connectivity index (χ4v) is 1.51. The van der Waals surface area contributed by atoms with Crippen molar-refractivity contribution in [1.29, 1.82) is 0 Å². The summed E-state index contributed by atoms with van der Waals surface area (Å²) in [5, 5.41) is 18.0. The van der Waals surface area contributed by atoms with Crippen LogP contribution in [-0.4, -0.2) is 30.7 Å². The number of nitrogens with zero attached hydrogens (tertiary/aromatic N) is 4. The van der Waals surface area contributed by atoms with Crippen LogP contribution in [0.25, 0.3) is 5.69 Å². The van der Waals surface area contributed by atoms with Crippen LogP contribution in [0.15, 0.2) is 30.7 Å². The maximum Gasteiger partial charge on any atom is 0.0860 e. The van der Waals surface area contributed by atoms with E-state index in [0.717, 1.165) is 11.4 Å². The van der Waals surface area contributed by atoms with E-state index in [4.69, 9.17) is 0 Å². The number of aromatic nitrogens is 4. The third kappa shape index (κ3) is 2.88. The fraction of sp³-hybridized carbons (Fsp3) is 0.417. The summed E-state index contributed by atoms with van der Waals surface area (Å²) in [6, 6.07) is 3.75. The molecule has 2 aromatic rings. The van der Waals surface area contributed by atoms with Crippen LogP contribution in [0, 0.1) is 0 Å². The van der Waals surface area contributed by atoms with Gasteiger partial charge in [0, 0.05) is 12.6 Å². The Labute approximate surface area is 100 Å². The van der Waals surface area contributed by atoms with Crippen LogP contribution in [0.4, 0.5) is 0 Å². The first kappa shape index (κ1) is 11.7. The molecule has 2 heterocycles. The standard InChI is InChI=1S/C12H16N4O/c1-3-12(2,17)7-10-9-16(15-14-10)11-5-4-6-13-8-11/h4-6,8-9,17H,3,7H2,1-2H3. The number of aliphatic hydroxyl groups is 1.